The summed E-state index contributed by atoms with van der Waals surface area (Å²) in [6.07, 6.45) is 5.14. The highest BCUT2D eigenvalue weighted by atomic mass is 35.8. The molecule has 4 aromatic heterocycles. The fraction of sp³-hybridized carbons (Fsp3) is 0.475. The summed E-state index contributed by atoms with van der Waals surface area (Å²) in [7, 11) is 18.6. The molecular formula is C61H78AlCl5N14O7. The molecule has 88 heavy (non-hydrogen) atoms. The Morgan fingerprint density at radius 3 is 1.40 bits per heavy atom. The maximum absolute atomic E-state index is 13.9. The molecule has 2 aromatic carbocycles. The van der Waals surface area contributed by atoms with Crippen LogP contribution in [0.4, 0.5) is 23.3 Å². The number of hydrogen-bond donors (Lipinski definition) is 2. The molecule has 10 heterocycles. The first-order valence-corrected chi connectivity index (χ1v) is 36.1. The summed E-state index contributed by atoms with van der Waals surface area (Å²) in [6, 6.07) is 23.2. The maximum atomic E-state index is 13.9. The molecule has 21 nitrogen and oxygen atoms in total. The number of nitrogens with two attached hydrogens (primary N) is 1. The second kappa shape index (κ2) is 32.2. The maximum Gasteiger partial charge on any atom is 0.643 e. The fourth-order valence-electron chi connectivity index (χ4n) is 12.1. The van der Waals surface area contributed by atoms with Crippen molar-refractivity contribution >= 4 is 134 Å². The third kappa shape index (κ3) is 16.2. The number of aromatic nitrogens is 4. The molecule has 472 valence electrons. The van der Waals surface area contributed by atoms with E-state index in [1.807, 2.05) is 97.4 Å². The van der Waals surface area contributed by atoms with Gasteiger partial charge in [-0.15, -0.1) is 23.2 Å². The molecular weight excluding hydrogens is 1250 g/mol. The monoisotopic (exact) mass is 1320 g/mol. The van der Waals surface area contributed by atoms with Crippen LogP contribution in [0.1, 0.15) is 78.3 Å². The minimum absolute atomic E-state index is 0.0241. The summed E-state index contributed by atoms with van der Waals surface area (Å²) < 4.78 is 9.14. The number of pyridine rings is 4. The smallest absolute Gasteiger partial charge is 0.462 e. The normalized spacial score (nSPS) is 16.1. The average Bonchev–Trinajstić information content (AvgIpc) is 0.878. The summed E-state index contributed by atoms with van der Waals surface area (Å²) in [4.78, 5) is 104. The van der Waals surface area contributed by atoms with E-state index in [2.05, 4.69) is 31.0 Å². The van der Waals surface area contributed by atoms with E-state index in [-0.39, 0.29) is 51.7 Å². The van der Waals surface area contributed by atoms with Gasteiger partial charge in [0.1, 0.15) is 34.4 Å². The number of nitrogens with one attached hydrogen (secondary N) is 1. The zero-order valence-electron chi connectivity index (χ0n) is 50.7. The molecule has 27 heteroatoms. The third-order valence-electron chi connectivity index (χ3n) is 16.3. The van der Waals surface area contributed by atoms with Gasteiger partial charge in [0, 0.05) is 120 Å². The van der Waals surface area contributed by atoms with Crippen molar-refractivity contribution in [1.82, 2.24) is 44.0 Å². The first kappa shape index (κ1) is 68.0. The summed E-state index contributed by atoms with van der Waals surface area (Å²) in [5.41, 5.74) is 9.87. The van der Waals surface area contributed by atoms with Crippen LogP contribution in [-0.2, 0) is 27.4 Å². The molecule has 0 saturated carbocycles. The highest BCUT2D eigenvalue weighted by molar-refractivity contribution is 7.54. The van der Waals surface area contributed by atoms with Gasteiger partial charge in [-0.05, 0) is 106 Å². The Bertz CT molecular complexity index is 3550. The number of para-hydroxylation sites is 2. The van der Waals surface area contributed by atoms with Crippen LogP contribution in [0.3, 0.4) is 0 Å². The Hall–Kier alpha value is -5.90. The number of rotatable bonds is 10. The number of halogens is 5. The molecule has 0 spiro atoms. The van der Waals surface area contributed by atoms with Gasteiger partial charge in [0.25, 0.3) is 5.91 Å². The topological polar surface area (TPSA) is 211 Å². The molecule has 0 bridgehead atoms. The van der Waals surface area contributed by atoms with Crippen molar-refractivity contribution in [3.63, 3.8) is 0 Å². The zero-order chi connectivity index (χ0) is 63.2. The number of alkyl halides is 2. The zero-order valence-corrected chi connectivity index (χ0v) is 55.6. The summed E-state index contributed by atoms with van der Waals surface area (Å²) >= 11 is 7.81. The molecule has 6 aliphatic rings. The predicted octanol–water partition coefficient (Wildman–Crippen LogP) is 7.16. The van der Waals surface area contributed by atoms with E-state index in [1.165, 1.54) is 38.8 Å². The second-order valence-corrected chi connectivity index (χ2v) is 29.2. The van der Waals surface area contributed by atoms with Crippen molar-refractivity contribution in [2.24, 2.45) is 5.73 Å². The van der Waals surface area contributed by atoms with Crippen molar-refractivity contribution in [2.75, 3.05) is 150 Å². The van der Waals surface area contributed by atoms with Crippen LogP contribution in [0.25, 0.3) is 33.4 Å². The summed E-state index contributed by atoms with van der Waals surface area (Å²) in [6.45, 7) is 19.3. The quantitative estimate of drug-likeness (QED) is 0.0792. The molecule has 6 aromatic rings. The highest BCUT2D eigenvalue weighted by Gasteiger charge is 2.34. The lowest BCUT2D eigenvalue weighted by Crippen LogP contribution is -2.48. The third-order valence-corrected chi connectivity index (χ3v) is 16.3. The minimum Gasteiger partial charge on any atom is -0.462 e. The first-order chi connectivity index (χ1) is 42.4. The molecule has 4 fully saturated rings. The van der Waals surface area contributed by atoms with Crippen molar-refractivity contribution in [1.29, 1.82) is 0 Å². The van der Waals surface area contributed by atoms with Gasteiger partial charge in [0.05, 0.1) is 34.1 Å². The van der Waals surface area contributed by atoms with E-state index in [0.29, 0.717) is 106 Å². The number of esters is 1. The fourth-order valence-corrected chi connectivity index (χ4v) is 12.1. The minimum atomic E-state index is -1.72. The number of nitrogens with zero attached hydrogens (tertiary/aromatic N) is 12. The Kier molecular flexibility index (Phi) is 24.9. The number of fused-ring (bicyclic) bond motifs is 10. The van der Waals surface area contributed by atoms with Gasteiger partial charge in [-0.3, -0.25) is 33.1 Å². The number of carbonyl (C=O) groups is 4. The summed E-state index contributed by atoms with van der Waals surface area (Å²) in [5.74, 6) is 1.71. The van der Waals surface area contributed by atoms with E-state index in [9.17, 15) is 28.8 Å². The van der Waals surface area contributed by atoms with Crippen molar-refractivity contribution < 1.29 is 23.9 Å². The SMILES string of the molecule is CC(=O)N1CCN(c2ccc3c(=O)c(C(=O)NCCN4CCCC4)c4n(c3n2)-c2ccccc2CN4C)CC1.CCOC(=O)c1c2n(c3nc(N4CCN(C(C)=O)CC4)ccc3c1=O)-c1ccccc1CN2C.ClCCl.NCCN1CCCC1.[Cl][Al]([Cl])[Cl]. The van der Waals surface area contributed by atoms with Crippen LogP contribution >= 0.6 is 53.3 Å². The lowest BCUT2D eigenvalue weighted by Gasteiger charge is -2.36. The molecule has 3 amide bonds. The number of anilines is 4. The largest absolute Gasteiger partial charge is 0.643 e. The number of amides is 3. The number of piperazine rings is 2. The second-order valence-electron chi connectivity index (χ2n) is 22.0. The molecule has 12 rings (SSSR count). The number of likely N-dealkylation sites (tertiary alicyclic amines) is 2. The van der Waals surface area contributed by atoms with Crippen molar-refractivity contribution in [3.05, 3.63) is 115 Å². The van der Waals surface area contributed by atoms with Crippen LogP contribution in [0.15, 0.2) is 82.4 Å². The highest BCUT2D eigenvalue weighted by Crippen LogP contribution is 2.37. The first-order valence-electron chi connectivity index (χ1n) is 29.8. The molecule has 0 radical (unpaired) electrons. The van der Waals surface area contributed by atoms with E-state index in [0.717, 1.165) is 66.9 Å². The number of ether oxygens (including phenoxy) is 1. The molecule has 0 unspecified atom stereocenters. The average molecular weight is 1320 g/mol. The molecule has 0 atom stereocenters. The van der Waals surface area contributed by atoms with Gasteiger partial charge in [0.2, 0.25) is 22.7 Å². The van der Waals surface area contributed by atoms with E-state index in [4.69, 9.17) is 73.8 Å². The van der Waals surface area contributed by atoms with Crippen molar-refractivity contribution in [3.8, 4) is 11.4 Å². The molecule has 3 N–H and O–H groups in total. The van der Waals surface area contributed by atoms with Gasteiger partial charge < -0.3 is 55.0 Å². The lowest BCUT2D eigenvalue weighted by atomic mass is 10.0. The van der Waals surface area contributed by atoms with E-state index in [1.54, 1.807) is 32.9 Å². The number of benzene rings is 2. The standard InChI is InChI=1S/C29H35N7O3.C25H27N5O4.C6H14N2.CH2Cl2.Al.3ClH/c1-20(37)34-15-17-35(18-16-34)24-10-9-22-26(38)25(28(39)30-11-14-33-12-5-6-13-33)29-32(2)19-21-7-3-4-8-23(21)36(29)27(22)31-24;1-4-34-25(33)21-22(32)18-9-10-20(29-13-11-28(12-14-29)16(2)31)26-23(18)30-19-8-6-5-7-17(19)15-27(3)24(21)30;7-3-6-8-4-1-2-5-8;2-1-3;;;;/h3-4,7-10H,5-6,11-19H2,1-2H3,(H,30,39);5-10H,4,11-15H2,1-3H3;1-7H2;1H2;;3*1H/q;;;;+3;;;/p-3. The van der Waals surface area contributed by atoms with Gasteiger partial charge in [0.15, 0.2) is 11.3 Å². The number of hydrogen-bond acceptors (Lipinski definition) is 16. The number of carbonyl (C=O) groups excluding carboxylic acids is 4. The Balaban J connectivity index is 0.000000186. The van der Waals surface area contributed by atoms with Gasteiger partial charge >= 0.3 is 17.4 Å². The van der Waals surface area contributed by atoms with E-state index < -0.39 is 17.4 Å². The van der Waals surface area contributed by atoms with Gasteiger partial charge in [-0.1, -0.05) is 36.4 Å². The van der Waals surface area contributed by atoms with Gasteiger partial charge in [-0.2, -0.15) is 0 Å². The van der Waals surface area contributed by atoms with Gasteiger partial charge in [-0.25, -0.2) is 44.9 Å². The summed E-state index contributed by atoms with van der Waals surface area (Å²) in [5, 5.41) is 4.00. The van der Waals surface area contributed by atoms with E-state index >= 15 is 0 Å². The predicted molar refractivity (Wildman–Crippen MR) is 356 cm³/mol. The van der Waals surface area contributed by atoms with Crippen molar-refractivity contribution in [2.45, 2.75) is 59.5 Å². The van der Waals surface area contributed by atoms with Crippen LogP contribution in [0.2, 0.25) is 0 Å². The van der Waals surface area contributed by atoms with Crippen LogP contribution in [0.5, 0.6) is 0 Å². The Morgan fingerprint density at radius 2 is 0.989 bits per heavy atom. The molecule has 4 saturated heterocycles. The Labute approximate surface area is 540 Å². The Morgan fingerprint density at radius 1 is 0.591 bits per heavy atom. The van der Waals surface area contributed by atoms with Crippen LogP contribution in [0, 0.1) is 0 Å². The molecule has 0 aliphatic carbocycles. The molecule has 6 aliphatic heterocycles. The van der Waals surface area contributed by atoms with Crippen LogP contribution < -0.4 is 41.5 Å². The lowest BCUT2D eigenvalue weighted by molar-refractivity contribution is -0.129. The van der Waals surface area contributed by atoms with Crippen LogP contribution in [-0.4, -0.2) is 205 Å².